The minimum absolute atomic E-state index is 0.188. The maximum atomic E-state index is 13.1. The molecule has 0 radical (unpaired) electrons. The van der Waals surface area contributed by atoms with Gasteiger partial charge in [-0.3, -0.25) is 9.36 Å². The molecule has 2 aromatic carbocycles. The van der Waals surface area contributed by atoms with Gasteiger partial charge in [0.1, 0.15) is 12.1 Å². The van der Waals surface area contributed by atoms with Gasteiger partial charge in [0.15, 0.2) is 16.8 Å². The molecule has 162 valence electrons. The topological polar surface area (TPSA) is 103 Å². The standard InChI is InChI=1S/C24H19N7O2/c1-33-17-7-8-20-18(11-17)16(12-25-20)9-10-30-14-26-23-21(24(30)32)28-29-22-19(13-27-31(22)23)15-5-3-2-4-6-15/h2-8,11-14,25H,9-10H2,1H3. The number of fused-ring (bicyclic) bond motifs is 4. The Labute approximate surface area is 187 Å². The summed E-state index contributed by atoms with van der Waals surface area (Å²) in [6.45, 7) is 0.458. The van der Waals surface area contributed by atoms with Gasteiger partial charge in [0.05, 0.1) is 13.3 Å². The monoisotopic (exact) mass is 437 g/mol. The number of hydrogen-bond acceptors (Lipinski definition) is 6. The summed E-state index contributed by atoms with van der Waals surface area (Å²) in [4.78, 5) is 20.9. The van der Waals surface area contributed by atoms with Crippen molar-refractivity contribution < 1.29 is 4.74 Å². The molecule has 0 spiro atoms. The molecule has 0 bridgehead atoms. The molecule has 6 aromatic rings. The van der Waals surface area contributed by atoms with E-state index in [-0.39, 0.29) is 11.1 Å². The van der Waals surface area contributed by atoms with Crippen molar-refractivity contribution in [1.29, 1.82) is 0 Å². The largest absolute Gasteiger partial charge is 0.497 e. The predicted octanol–water partition coefficient (Wildman–Crippen LogP) is 3.23. The van der Waals surface area contributed by atoms with Crippen LogP contribution in [0.4, 0.5) is 0 Å². The van der Waals surface area contributed by atoms with Crippen LogP contribution in [-0.4, -0.2) is 41.5 Å². The summed E-state index contributed by atoms with van der Waals surface area (Å²) in [7, 11) is 1.65. The third-order valence-corrected chi connectivity index (χ3v) is 5.87. The molecule has 0 saturated carbocycles. The van der Waals surface area contributed by atoms with Gasteiger partial charge in [-0.05, 0) is 35.7 Å². The summed E-state index contributed by atoms with van der Waals surface area (Å²) in [5, 5.41) is 14.0. The summed E-state index contributed by atoms with van der Waals surface area (Å²) >= 11 is 0. The van der Waals surface area contributed by atoms with Crippen molar-refractivity contribution >= 4 is 27.7 Å². The molecule has 0 unspecified atom stereocenters. The zero-order chi connectivity index (χ0) is 22.4. The Kier molecular flexibility index (Phi) is 4.39. The lowest BCUT2D eigenvalue weighted by Gasteiger charge is -2.07. The molecule has 6 rings (SSSR count). The van der Waals surface area contributed by atoms with E-state index in [1.54, 1.807) is 28.7 Å². The quantitative estimate of drug-likeness (QED) is 0.444. The lowest BCUT2D eigenvalue weighted by Crippen LogP contribution is -2.23. The van der Waals surface area contributed by atoms with E-state index in [9.17, 15) is 4.79 Å². The number of hydrogen-bond donors (Lipinski definition) is 1. The summed E-state index contributed by atoms with van der Waals surface area (Å²) in [5.41, 5.74) is 4.83. The summed E-state index contributed by atoms with van der Waals surface area (Å²) in [6, 6.07) is 15.7. The number of nitrogens with zero attached hydrogens (tertiary/aromatic N) is 6. The van der Waals surface area contributed by atoms with Gasteiger partial charge in [0, 0.05) is 29.2 Å². The Morgan fingerprint density at radius 1 is 1.06 bits per heavy atom. The van der Waals surface area contributed by atoms with Crippen molar-refractivity contribution in [1.82, 2.24) is 34.3 Å². The van der Waals surface area contributed by atoms with Gasteiger partial charge in [0.2, 0.25) is 0 Å². The molecule has 9 nitrogen and oxygen atoms in total. The molecule has 0 saturated heterocycles. The highest BCUT2D eigenvalue weighted by molar-refractivity contribution is 5.84. The fraction of sp³-hybridized carbons (Fsp3) is 0.125. The van der Waals surface area contributed by atoms with Crippen LogP contribution in [0.5, 0.6) is 5.75 Å². The Balaban J connectivity index is 1.36. The van der Waals surface area contributed by atoms with Gasteiger partial charge in [-0.2, -0.15) is 9.61 Å². The number of aromatic amines is 1. The first-order valence-electron chi connectivity index (χ1n) is 10.5. The third-order valence-electron chi connectivity index (χ3n) is 5.87. The zero-order valence-electron chi connectivity index (χ0n) is 17.8. The number of aryl methyl sites for hydroxylation is 2. The lowest BCUT2D eigenvalue weighted by atomic mass is 10.1. The Bertz CT molecular complexity index is 1680. The van der Waals surface area contributed by atoms with Crippen LogP contribution in [0.1, 0.15) is 5.56 Å². The fourth-order valence-electron chi connectivity index (χ4n) is 4.12. The molecule has 9 heteroatoms. The van der Waals surface area contributed by atoms with E-state index in [1.807, 2.05) is 54.7 Å². The second-order valence-corrected chi connectivity index (χ2v) is 7.75. The number of nitrogens with one attached hydrogen (secondary N) is 1. The van der Waals surface area contributed by atoms with Gasteiger partial charge in [-0.15, -0.1) is 10.2 Å². The summed E-state index contributed by atoms with van der Waals surface area (Å²) < 4.78 is 8.47. The molecule has 0 aliphatic heterocycles. The van der Waals surface area contributed by atoms with E-state index in [1.165, 1.54) is 0 Å². The highest BCUT2D eigenvalue weighted by Gasteiger charge is 2.15. The van der Waals surface area contributed by atoms with Crippen molar-refractivity contribution in [2.75, 3.05) is 7.11 Å². The van der Waals surface area contributed by atoms with E-state index >= 15 is 0 Å². The lowest BCUT2D eigenvalue weighted by molar-refractivity contribution is 0.415. The van der Waals surface area contributed by atoms with Gasteiger partial charge in [-0.25, -0.2) is 4.98 Å². The molecule has 33 heavy (non-hydrogen) atoms. The van der Waals surface area contributed by atoms with Crippen LogP contribution >= 0.6 is 0 Å². The molecule has 4 heterocycles. The first kappa shape index (κ1) is 19.2. The van der Waals surface area contributed by atoms with E-state index in [2.05, 4.69) is 25.3 Å². The second-order valence-electron chi connectivity index (χ2n) is 7.75. The van der Waals surface area contributed by atoms with E-state index in [0.717, 1.165) is 33.3 Å². The molecule has 0 aliphatic rings. The number of rotatable bonds is 5. The third kappa shape index (κ3) is 3.13. The van der Waals surface area contributed by atoms with E-state index in [4.69, 9.17) is 4.74 Å². The highest BCUT2D eigenvalue weighted by Crippen LogP contribution is 2.25. The first-order chi connectivity index (χ1) is 16.2. The van der Waals surface area contributed by atoms with Gasteiger partial charge in [0.25, 0.3) is 5.56 Å². The van der Waals surface area contributed by atoms with Crippen molar-refractivity contribution in [3.8, 4) is 16.9 Å². The van der Waals surface area contributed by atoms with Crippen molar-refractivity contribution in [2.45, 2.75) is 13.0 Å². The van der Waals surface area contributed by atoms with E-state index in [0.29, 0.717) is 24.3 Å². The molecule has 4 aromatic heterocycles. The van der Waals surface area contributed by atoms with Crippen LogP contribution in [0.15, 0.2) is 72.0 Å². The SMILES string of the molecule is COc1ccc2[nH]cc(CCn3cnc4c(nnc5c(-c6ccccc6)cnn54)c3=O)c2c1. The summed E-state index contributed by atoms with van der Waals surface area (Å²) in [6.07, 6.45) is 5.88. The number of H-pyrrole nitrogens is 1. The van der Waals surface area contributed by atoms with Crippen molar-refractivity contribution in [3.05, 3.63) is 83.2 Å². The zero-order valence-corrected chi connectivity index (χ0v) is 17.8. The fourth-order valence-corrected chi connectivity index (χ4v) is 4.12. The van der Waals surface area contributed by atoms with Gasteiger partial charge < -0.3 is 9.72 Å². The van der Waals surface area contributed by atoms with Gasteiger partial charge >= 0.3 is 0 Å². The van der Waals surface area contributed by atoms with Crippen LogP contribution in [0.25, 0.3) is 38.8 Å². The normalized spacial score (nSPS) is 11.5. The average molecular weight is 437 g/mol. The number of aromatic nitrogens is 7. The van der Waals surface area contributed by atoms with Crippen LogP contribution in [-0.2, 0) is 13.0 Å². The molecule has 1 N–H and O–H groups in total. The Hall–Kier alpha value is -4.53. The van der Waals surface area contributed by atoms with E-state index < -0.39 is 0 Å². The Morgan fingerprint density at radius 3 is 2.79 bits per heavy atom. The van der Waals surface area contributed by atoms with Crippen LogP contribution < -0.4 is 10.3 Å². The highest BCUT2D eigenvalue weighted by atomic mass is 16.5. The molecule has 0 amide bonds. The maximum Gasteiger partial charge on any atom is 0.283 e. The number of ether oxygens (including phenoxy) is 1. The molecular weight excluding hydrogens is 418 g/mol. The molecule has 0 atom stereocenters. The van der Waals surface area contributed by atoms with Crippen molar-refractivity contribution in [2.24, 2.45) is 0 Å². The molecule has 0 aliphatic carbocycles. The maximum absolute atomic E-state index is 13.1. The smallest absolute Gasteiger partial charge is 0.283 e. The number of benzene rings is 2. The average Bonchev–Trinajstić information content (AvgIpc) is 3.48. The molecule has 0 fully saturated rings. The van der Waals surface area contributed by atoms with Gasteiger partial charge in [-0.1, -0.05) is 30.3 Å². The van der Waals surface area contributed by atoms with Crippen LogP contribution in [0.3, 0.4) is 0 Å². The number of methoxy groups -OCH3 is 1. The second kappa shape index (κ2) is 7.56. The first-order valence-corrected chi connectivity index (χ1v) is 10.5. The minimum Gasteiger partial charge on any atom is -0.497 e. The van der Waals surface area contributed by atoms with Crippen LogP contribution in [0, 0.1) is 0 Å². The van der Waals surface area contributed by atoms with Crippen LogP contribution in [0.2, 0.25) is 0 Å². The molecular formula is C24H19N7O2. The van der Waals surface area contributed by atoms with Crippen molar-refractivity contribution in [3.63, 3.8) is 0 Å². The Morgan fingerprint density at radius 2 is 1.94 bits per heavy atom. The minimum atomic E-state index is -0.247. The predicted molar refractivity (Wildman–Crippen MR) is 124 cm³/mol. The summed E-state index contributed by atoms with van der Waals surface area (Å²) in [5.74, 6) is 0.793.